The van der Waals surface area contributed by atoms with Gasteiger partial charge < -0.3 is 10.1 Å². The van der Waals surface area contributed by atoms with Gasteiger partial charge in [-0.1, -0.05) is 24.3 Å². The Bertz CT molecular complexity index is 468. The number of anilines is 1. The van der Waals surface area contributed by atoms with E-state index < -0.39 is 0 Å². The number of carbonyl (C=O) groups excluding carboxylic acids is 1. The summed E-state index contributed by atoms with van der Waals surface area (Å²) in [6, 6.07) is 6.33. The quantitative estimate of drug-likeness (QED) is 0.657. The molecular weight excluding hydrogens is 226 g/mol. The second-order valence-electron chi connectivity index (χ2n) is 4.73. The van der Waals surface area contributed by atoms with Crippen molar-refractivity contribution in [2.24, 2.45) is 0 Å². The number of allylic oxidation sites excluding steroid dienone is 1. The summed E-state index contributed by atoms with van der Waals surface area (Å²) in [6.07, 6.45) is 3.46. The summed E-state index contributed by atoms with van der Waals surface area (Å²) in [6.45, 7) is 5.86. The van der Waals surface area contributed by atoms with E-state index in [1.165, 1.54) is 12.7 Å². The van der Waals surface area contributed by atoms with E-state index in [1.807, 2.05) is 18.2 Å². The van der Waals surface area contributed by atoms with Gasteiger partial charge in [0.1, 0.15) is 0 Å². The molecule has 0 bridgehead atoms. The third kappa shape index (κ3) is 2.26. The van der Waals surface area contributed by atoms with Crippen LogP contribution in [0.15, 0.2) is 30.9 Å². The molecule has 1 aromatic rings. The molecular formula is C15H19NO2. The van der Waals surface area contributed by atoms with Gasteiger partial charge in [-0.3, -0.25) is 4.79 Å². The number of rotatable bonds is 3. The smallest absolute Gasteiger partial charge is 0.313 e. The zero-order valence-electron chi connectivity index (χ0n) is 10.9. The maximum Gasteiger partial charge on any atom is 0.313 e. The Kier molecular flexibility index (Phi) is 3.70. The number of methoxy groups -OCH3 is 1. The molecule has 0 saturated carbocycles. The third-order valence-corrected chi connectivity index (χ3v) is 3.39. The maximum absolute atomic E-state index is 11.9. The van der Waals surface area contributed by atoms with Crippen LogP contribution in [0.2, 0.25) is 0 Å². The summed E-state index contributed by atoms with van der Waals surface area (Å²) in [7, 11) is 1.45. The highest BCUT2D eigenvalue weighted by atomic mass is 16.5. The summed E-state index contributed by atoms with van der Waals surface area (Å²) in [5.41, 5.74) is 3.30. The highest BCUT2D eigenvalue weighted by molar-refractivity contribution is 5.82. The molecule has 0 aromatic heterocycles. The van der Waals surface area contributed by atoms with Crippen LogP contribution in [-0.2, 0) is 16.0 Å². The summed E-state index contributed by atoms with van der Waals surface area (Å²) in [5.74, 6) is -0.314. The molecule has 96 valence electrons. The maximum atomic E-state index is 11.9. The number of benzene rings is 1. The molecule has 0 saturated heterocycles. The predicted molar refractivity (Wildman–Crippen MR) is 72.8 cm³/mol. The van der Waals surface area contributed by atoms with Crippen LogP contribution in [0.5, 0.6) is 0 Å². The molecule has 0 radical (unpaired) electrons. The van der Waals surface area contributed by atoms with Gasteiger partial charge in [-0.2, -0.15) is 0 Å². The lowest BCUT2D eigenvalue weighted by Gasteiger charge is -2.31. The number of ether oxygens (including phenoxy) is 1. The molecule has 1 N–H and O–H groups in total. The minimum absolute atomic E-state index is 0.152. The highest BCUT2D eigenvalue weighted by Gasteiger charge is 2.31. The van der Waals surface area contributed by atoms with Crippen LogP contribution in [0.25, 0.3) is 0 Å². The first-order valence-electron chi connectivity index (χ1n) is 6.24. The molecule has 3 nitrogen and oxygen atoms in total. The van der Waals surface area contributed by atoms with Crippen molar-refractivity contribution in [3.8, 4) is 0 Å². The van der Waals surface area contributed by atoms with Gasteiger partial charge in [0.05, 0.1) is 13.0 Å². The van der Waals surface area contributed by atoms with E-state index in [4.69, 9.17) is 4.74 Å². The van der Waals surface area contributed by atoms with Crippen molar-refractivity contribution in [3.05, 3.63) is 42.0 Å². The van der Waals surface area contributed by atoms with E-state index in [0.717, 1.165) is 24.1 Å². The van der Waals surface area contributed by atoms with Crippen LogP contribution in [0, 0.1) is 0 Å². The molecule has 0 spiro atoms. The van der Waals surface area contributed by atoms with E-state index >= 15 is 0 Å². The summed E-state index contributed by atoms with van der Waals surface area (Å²) >= 11 is 0. The van der Waals surface area contributed by atoms with Gasteiger partial charge in [0.25, 0.3) is 0 Å². The summed E-state index contributed by atoms with van der Waals surface area (Å²) in [5, 5.41) is 3.47. The lowest BCUT2D eigenvalue weighted by atomic mass is 9.85. The van der Waals surface area contributed by atoms with Gasteiger partial charge >= 0.3 is 5.97 Å². The number of esters is 1. The first-order chi connectivity index (χ1) is 8.67. The van der Waals surface area contributed by atoms with Gasteiger partial charge in [-0.25, -0.2) is 0 Å². The van der Waals surface area contributed by atoms with Crippen molar-refractivity contribution < 1.29 is 9.53 Å². The van der Waals surface area contributed by atoms with Crippen molar-refractivity contribution in [1.82, 2.24) is 0 Å². The van der Waals surface area contributed by atoms with Crippen LogP contribution in [0.3, 0.4) is 0 Å². The van der Waals surface area contributed by atoms with E-state index in [9.17, 15) is 4.79 Å². The van der Waals surface area contributed by atoms with Crippen LogP contribution in [-0.4, -0.2) is 19.1 Å². The van der Waals surface area contributed by atoms with E-state index in [-0.39, 0.29) is 17.9 Å². The second-order valence-corrected chi connectivity index (χ2v) is 4.73. The van der Waals surface area contributed by atoms with E-state index in [1.54, 1.807) is 0 Å². The molecule has 0 aliphatic carbocycles. The largest absolute Gasteiger partial charge is 0.469 e. The van der Waals surface area contributed by atoms with Gasteiger partial charge in [-0.05, 0) is 30.9 Å². The normalized spacial score (nSPS) is 21.7. The second kappa shape index (κ2) is 5.25. The number of hydrogen-bond donors (Lipinski definition) is 1. The molecule has 0 amide bonds. The molecule has 18 heavy (non-hydrogen) atoms. The molecule has 1 heterocycles. The van der Waals surface area contributed by atoms with E-state index in [2.05, 4.69) is 24.9 Å². The van der Waals surface area contributed by atoms with Crippen molar-refractivity contribution in [1.29, 1.82) is 0 Å². The standard InChI is InChI=1S/C15H19NO2/c1-4-6-11-7-5-8-12-13(15(17)18-3)9-10(2)16-14(11)12/h4-5,7-8,10,13,16H,1,6,9H2,2-3H3. The Morgan fingerprint density at radius 1 is 1.61 bits per heavy atom. The Morgan fingerprint density at radius 2 is 2.39 bits per heavy atom. The summed E-state index contributed by atoms with van der Waals surface area (Å²) < 4.78 is 4.91. The average molecular weight is 245 g/mol. The summed E-state index contributed by atoms with van der Waals surface area (Å²) in [4.78, 5) is 11.9. The van der Waals surface area contributed by atoms with Gasteiger partial charge in [0.2, 0.25) is 0 Å². The number of hydrogen-bond acceptors (Lipinski definition) is 3. The number of fused-ring (bicyclic) bond motifs is 1. The Morgan fingerprint density at radius 3 is 3.06 bits per heavy atom. The highest BCUT2D eigenvalue weighted by Crippen LogP contribution is 2.37. The molecule has 3 heteroatoms. The Hall–Kier alpha value is -1.77. The zero-order chi connectivity index (χ0) is 13.1. The SMILES string of the molecule is C=CCc1cccc2c1NC(C)CC2C(=O)OC. The Labute approximate surface area is 108 Å². The van der Waals surface area contributed by atoms with Crippen LogP contribution < -0.4 is 5.32 Å². The first-order valence-corrected chi connectivity index (χ1v) is 6.24. The minimum Gasteiger partial charge on any atom is -0.469 e. The van der Waals surface area contributed by atoms with Gasteiger partial charge in [0, 0.05) is 11.7 Å². The van der Waals surface area contributed by atoms with Gasteiger partial charge in [-0.15, -0.1) is 6.58 Å². The lowest BCUT2D eigenvalue weighted by molar-refractivity contribution is -0.142. The minimum atomic E-state index is -0.161. The Balaban J connectivity index is 2.46. The molecule has 1 aromatic carbocycles. The van der Waals surface area contributed by atoms with Crippen molar-refractivity contribution in [2.75, 3.05) is 12.4 Å². The van der Waals surface area contributed by atoms with Gasteiger partial charge in [0.15, 0.2) is 0 Å². The number of para-hydroxylation sites is 1. The zero-order valence-corrected chi connectivity index (χ0v) is 10.9. The molecule has 2 atom stereocenters. The first kappa shape index (κ1) is 12.7. The van der Waals surface area contributed by atoms with Crippen molar-refractivity contribution in [3.63, 3.8) is 0 Å². The van der Waals surface area contributed by atoms with Crippen molar-refractivity contribution in [2.45, 2.75) is 31.7 Å². The van der Waals surface area contributed by atoms with Crippen LogP contribution in [0.1, 0.15) is 30.4 Å². The molecule has 2 rings (SSSR count). The predicted octanol–water partition coefficient (Wildman–Crippen LogP) is 2.88. The fourth-order valence-electron chi connectivity index (χ4n) is 2.56. The number of nitrogens with one attached hydrogen (secondary N) is 1. The fraction of sp³-hybridized carbons (Fsp3) is 0.400. The van der Waals surface area contributed by atoms with Crippen LogP contribution >= 0.6 is 0 Å². The fourth-order valence-corrected chi connectivity index (χ4v) is 2.56. The molecule has 1 aliphatic heterocycles. The molecule has 2 unspecified atom stereocenters. The lowest BCUT2D eigenvalue weighted by Crippen LogP contribution is -2.30. The molecule has 1 aliphatic rings. The third-order valence-electron chi connectivity index (χ3n) is 3.39. The average Bonchev–Trinajstić information content (AvgIpc) is 2.38. The van der Waals surface area contributed by atoms with Crippen LogP contribution in [0.4, 0.5) is 5.69 Å². The number of carbonyl (C=O) groups is 1. The molecule has 0 fully saturated rings. The monoisotopic (exact) mass is 245 g/mol. The van der Waals surface area contributed by atoms with Crippen molar-refractivity contribution >= 4 is 11.7 Å². The topological polar surface area (TPSA) is 38.3 Å². The van der Waals surface area contributed by atoms with E-state index in [0.29, 0.717) is 0 Å².